The molecule has 1 nitrogen and oxygen atoms in total. The van der Waals surface area contributed by atoms with Gasteiger partial charge in [0.05, 0.1) is 6.10 Å². The summed E-state index contributed by atoms with van der Waals surface area (Å²) < 4.78 is 5.49. The van der Waals surface area contributed by atoms with Crippen LogP contribution >= 0.6 is 0 Å². The highest BCUT2D eigenvalue weighted by Crippen LogP contribution is 2.32. The first kappa shape index (κ1) is 7.07. The largest absolute Gasteiger partial charge is 0.378 e. The van der Waals surface area contributed by atoms with Crippen molar-refractivity contribution in [2.24, 2.45) is 5.41 Å². The summed E-state index contributed by atoms with van der Waals surface area (Å²) in [4.78, 5) is 0. The van der Waals surface area contributed by atoms with Crippen molar-refractivity contribution < 1.29 is 4.74 Å². The van der Waals surface area contributed by atoms with E-state index in [0.717, 1.165) is 6.61 Å². The molecule has 1 atom stereocenters. The van der Waals surface area contributed by atoms with Gasteiger partial charge in [0, 0.05) is 6.61 Å². The van der Waals surface area contributed by atoms with Crippen LogP contribution in [0, 0.1) is 5.41 Å². The maximum Gasteiger partial charge on any atom is 0.0597 e. The average Bonchev–Trinajstić information content (AvgIpc) is 1.77. The summed E-state index contributed by atoms with van der Waals surface area (Å²) in [5, 5.41) is 0. The summed E-state index contributed by atoms with van der Waals surface area (Å²) in [6, 6.07) is 0. The highest BCUT2D eigenvalue weighted by molar-refractivity contribution is 4.78. The lowest BCUT2D eigenvalue weighted by Crippen LogP contribution is -2.34. The van der Waals surface area contributed by atoms with E-state index >= 15 is 0 Å². The maximum atomic E-state index is 5.49. The lowest BCUT2D eigenvalue weighted by atomic mass is 9.81. The zero-order valence-electron chi connectivity index (χ0n) is 6.61. The van der Waals surface area contributed by atoms with Gasteiger partial charge in [0.1, 0.15) is 0 Å². The number of rotatable bonds is 0. The minimum Gasteiger partial charge on any atom is -0.378 e. The first-order valence-corrected chi connectivity index (χ1v) is 3.74. The molecule has 1 aliphatic heterocycles. The summed E-state index contributed by atoms with van der Waals surface area (Å²) in [5.41, 5.74) is 0.415. The second-order valence-corrected chi connectivity index (χ2v) is 3.61. The Morgan fingerprint density at radius 2 is 2.11 bits per heavy atom. The molecular weight excluding hydrogens is 112 g/mol. The highest BCUT2D eigenvalue weighted by Gasteiger charge is 2.29. The van der Waals surface area contributed by atoms with Gasteiger partial charge in [0.15, 0.2) is 0 Å². The molecule has 1 aliphatic rings. The van der Waals surface area contributed by atoms with Crippen molar-refractivity contribution in [3.8, 4) is 0 Å². The van der Waals surface area contributed by atoms with Gasteiger partial charge < -0.3 is 4.74 Å². The molecule has 0 aromatic heterocycles. The molecule has 0 saturated carbocycles. The zero-order valence-corrected chi connectivity index (χ0v) is 6.61. The van der Waals surface area contributed by atoms with Crippen molar-refractivity contribution in [1.29, 1.82) is 0 Å². The van der Waals surface area contributed by atoms with Gasteiger partial charge in [-0.3, -0.25) is 0 Å². The summed E-state index contributed by atoms with van der Waals surface area (Å²) in [7, 11) is 0. The molecule has 1 rings (SSSR count). The number of hydrogen-bond acceptors (Lipinski definition) is 1. The molecule has 0 N–H and O–H groups in total. The van der Waals surface area contributed by atoms with E-state index in [1.165, 1.54) is 12.8 Å². The first-order valence-electron chi connectivity index (χ1n) is 3.74. The minimum atomic E-state index is 0.415. The third-order valence-electron chi connectivity index (χ3n) is 2.43. The zero-order chi connectivity index (χ0) is 6.91. The van der Waals surface area contributed by atoms with E-state index in [2.05, 4.69) is 20.8 Å². The van der Waals surface area contributed by atoms with E-state index in [-0.39, 0.29) is 0 Å². The molecule has 0 aliphatic carbocycles. The molecule has 1 heterocycles. The Kier molecular flexibility index (Phi) is 1.80. The van der Waals surface area contributed by atoms with Crippen LogP contribution in [0.4, 0.5) is 0 Å². The predicted octanol–water partition coefficient (Wildman–Crippen LogP) is 2.21. The third-order valence-corrected chi connectivity index (χ3v) is 2.43. The van der Waals surface area contributed by atoms with Crippen LogP contribution in [-0.4, -0.2) is 12.7 Å². The fourth-order valence-electron chi connectivity index (χ4n) is 1.22. The molecule has 0 aromatic carbocycles. The van der Waals surface area contributed by atoms with Gasteiger partial charge in [-0.05, 0) is 25.2 Å². The van der Waals surface area contributed by atoms with Gasteiger partial charge in [-0.15, -0.1) is 0 Å². The molecule has 54 valence electrons. The van der Waals surface area contributed by atoms with Crippen LogP contribution in [0.5, 0.6) is 0 Å². The molecule has 0 spiro atoms. The molecule has 0 radical (unpaired) electrons. The average molecular weight is 128 g/mol. The highest BCUT2D eigenvalue weighted by atomic mass is 16.5. The standard InChI is InChI=1S/C8H16O/c1-7-8(2,3)5-4-6-9-7/h7H,4-6H2,1-3H3/t7-/m0/s1. The first-order chi connectivity index (χ1) is 4.13. The van der Waals surface area contributed by atoms with E-state index in [9.17, 15) is 0 Å². The molecular formula is C8H16O. The Morgan fingerprint density at radius 3 is 2.44 bits per heavy atom. The minimum absolute atomic E-state index is 0.415. The van der Waals surface area contributed by atoms with Crippen molar-refractivity contribution in [3.05, 3.63) is 0 Å². The van der Waals surface area contributed by atoms with E-state index in [0.29, 0.717) is 11.5 Å². The van der Waals surface area contributed by atoms with Gasteiger partial charge in [-0.1, -0.05) is 13.8 Å². The monoisotopic (exact) mass is 128 g/mol. The predicted molar refractivity (Wildman–Crippen MR) is 38.4 cm³/mol. The van der Waals surface area contributed by atoms with Gasteiger partial charge in [-0.25, -0.2) is 0 Å². The van der Waals surface area contributed by atoms with Gasteiger partial charge in [0.25, 0.3) is 0 Å². The topological polar surface area (TPSA) is 9.23 Å². The van der Waals surface area contributed by atoms with Crippen molar-refractivity contribution in [2.75, 3.05) is 6.61 Å². The lowest BCUT2D eigenvalue weighted by Gasteiger charge is -2.36. The molecule has 0 bridgehead atoms. The van der Waals surface area contributed by atoms with Crippen LogP contribution < -0.4 is 0 Å². The van der Waals surface area contributed by atoms with Crippen molar-refractivity contribution in [1.82, 2.24) is 0 Å². The molecule has 0 aromatic rings. The van der Waals surface area contributed by atoms with Crippen molar-refractivity contribution in [3.63, 3.8) is 0 Å². The van der Waals surface area contributed by atoms with E-state index < -0.39 is 0 Å². The fourth-order valence-corrected chi connectivity index (χ4v) is 1.22. The van der Waals surface area contributed by atoms with E-state index in [1.807, 2.05) is 0 Å². The van der Waals surface area contributed by atoms with Crippen LogP contribution in [0.3, 0.4) is 0 Å². The Bertz CT molecular complexity index is 96.7. The Labute approximate surface area is 57.4 Å². The van der Waals surface area contributed by atoms with Crippen molar-refractivity contribution in [2.45, 2.75) is 39.7 Å². The molecule has 0 amide bonds. The Balaban J connectivity index is 2.49. The van der Waals surface area contributed by atoms with Crippen LogP contribution in [0.15, 0.2) is 0 Å². The smallest absolute Gasteiger partial charge is 0.0597 e. The van der Waals surface area contributed by atoms with Gasteiger partial charge in [0.2, 0.25) is 0 Å². The third kappa shape index (κ3) is 1.45. The second kappa shape index (κ2) is 2.30. The molecule has 1 heteroatoms. The molecule has 0 unspecified atom stereocenters. The van der Waals surface area contributed by atoms with E-state index in [4.69, 9.17) is 4.74 Å². The SMILES string of the molecule is C[C@@H]1OCCCC1(C)C. The molecule has 1 saturated heterocycles. The number of ether oxygens (including phenoxy) is 1. The van der Waals surface area contributed by atoms with Gasteiger partial charge >= 0.3 is 0 Å². The van der Waals surface area contributed by atoms with E-state index in [1.54, 1.807) is 0 Å². The van der Waals surface area contributed by atoms with Crippen molar-refractivity contribution >= 4 is 0 Å². The maximum absolute atomic E-state index is 5.49. The fraction of sp³-hybridized carbons (Fsp3) is 1.00. The van der Waals surface area contributed by atoms with Gasteiger partial charge in [-0.2, -0.15) is 0 Å². The van der Waals surface area contributed by atoms with Crippen LogP contribution in [0.2, 0.25) is 0 Å². The summed E-state index contributed by atoms with van der Waals surface area (Å²) in [6.07, 6.45) is 3.00. The summed E-state index contributed by atoms with van der Waals surface area (Å²) in [6.45, 7) is 7.68. The second-order valence-electron chi connectivity index (χ2n) is 3.61. The number of hydrogen-bond donors (Lipinski definition) is 0. The summed E-state index contributed by atoms with van der Waals surface area (Å²) in [5.74, 6) is 0. The lowest BCUT2D eigenvalue weighted by molar-refractivity contribution is -0.0557. The van der Waals surface area contributed by atoms with Crippen LogP contribution in [0.1, 0.15) is 33.6 Å². The normalized spacial score (nSPS) is 34.3. The summed E-state index contributed by atoms with van der Waals surface area (Å²) >= 11 is 0. The molecule has 1 fully saturated rings. The Hall–Kier alpha value is -0.0400. The Morgan fingerprint density at radius 1 is 1.44 bits per heavy atom. The van der Waals surface area contributed by atoms with Crippen LogP contribution in [0.25, 0.3) is 0 Å². The van der Waals surface area contributed by atoms with Crippen LogP contribution in [-0.2, 0) is 4.74 Å². The molecule has 9 heavy (non-hydrogen) atoms. The quantitative estimate of drug-likeness (QED) is 0.486.